The fourth-order valence-corrected chi connectivity index (χ4v) is 4.75. The molecule has 0 fully saturated rings. The molecule has 0 aliphatic heterocycles. The first-order valence-electron chi connectivity index (χ1n) is 10.3. The van der Waals surface area contributed by atoms with Gasteiger partial charge in [-0.05, 0) is 45.9 Å². The molecule has 170 valence electrons. The second-order valence-corrected chi connectivity index (χ2v) is 9.01. The monoisotopic (exact) mass is 474 g/mol. The van der Waals surface area contributed by atoms with Gasteiger partial charge in [0.25, 0.3) is 0 Å². The van der Waals surface area contributed by atoms with Crippen LogP contribution in [0.3, 0.4) is 0 Å². The normalized spacial score (nSPS) is 11.8. The van der Waals surface area contributed by atoms with Crippen molar-refractivity contribution < 1.29 is 19.1 Å². The molecule has 1 amide bonds. The van der Waals surface area contributed by atoms with E-state index in [2.05, 4.69) is 15.5 Å². The van der Waals surface area contributed by atoms with Gasteiger partial charge in [-0.3, -0.25) is 4.79 Å². The molecule has 8 nitrogen and oxygen atoms in total. The molecule has 0 aliphatic carbocycles. The number of anilines is 1. The minimum absolute atomic E-state index is 0.130. The number of para-hydroxylation sites is 1. The van der Waals surface area contributed by atoms with E-state index in [1.807, 2.05) is 55.7 Å². The summed E-state index contributed by atoms with van der Waals surface area (Å²) >= 11 is 2.63. The van der Waals surface area contributed by atoms with Gasteiger partial charge in [-0.2, -0.15) is 0 Å². The van der Waals surface area contributed by atoms with Crippen molar-refractivity contribution in [2.45, 2.75) is 45.5 Å². The van der Waals surface area contributed by atoms with E-state index in [9.17, 15) is 9.59 Å². The highest BCUT2D eigenvalue weighted by atomic mass is 32.2. The maximum atomic E-state index is 12.5. The first-order valence-corrected chi connectivity index (χ1v) is 12.1. The molecule has 0 bridgehead atoms. The highest BCUT2D eigenvalue weighted by molar-refractivity contribution is 7.99. The Morgan fingerprint density at radius 2 is 1.97 bits per heavy atom. The maximum absolute atomic E-state index is 12.5. The summed E-state index contributed by atoms with van der Waals surface area (Å²) in [5, 5.41) is 12.5. The fourth-order valence-electron chi connectivity index (χ4n) is 3.02. The van der Waals surface area contributed by atoms with Crippen LogP contribution in [0.5, 0.6) is 5.75 Å². The topological polar surface area (TPSA) is 95.3 Å². The molecule has 0 saturated carbocycles. The van der Waals surface area contributed by atoms with Gasteiger partial charge in [-0.25, -0.2) is 4.79 Å². The average Bonchev–Trinajstić information content (AvgIpc) is 3.36. The fraction of sp³-hybridized carbons (Fsp3) is 0.364. The maximum Gasteiger partial charge on any atom is 0.341 e. The van der Waals surface area contributed by atoms with Crippen LogP contribution in [0.1, 0.15) is 47.9 Å². The average molecular weight is 475 g/mol. The van der Waals surface area contributed by atoms with Gasteiger partial charge in [-0.1, -0.05) is 30.0 Å². The summed E-state index contributed by atoms with van der Waals surface area (Å²) in [7, 11) is 0. The predicted molar refractivity (Wildman–Crippen MR) is 126 cm³/mol. The van der Waals surface area contributed by atoms with Crippen LogP contribution in [0.25, 0.3) is 0 Å². The number of thiophene rings is 1. The third-order valence-corrected chi connectivity index (χ3v) is 6.35. The molecule has 1 atom stereocenters. The summed E-state index contributed by atoms with van der Waals surface area (Å²) in [6.07, 6.45) is -0.297. The second kappa shape index (κ2) is 11.1. The Morgan fingerprint density at radius 3 is 2.66 bits per heavy atom. The molecular weight excluding hydrogens is 448 g/mol. The minimum Gasteiger partial charge on any atom is -0.483 e. The largest absolute Gasteiger partial charge is 0.483 e. The number of nitrogens with one attached hydrogen (secondary N) is 1. The number of hydrogen-bond acceptors (Lipinski definition) is 8. The van der Waals surface area contributed by atoms with E-state index in [0.717, 1.165) is 10.6 Å². The summed E-state index contributed by atoms with van der Waals surface area (Å²) in [6, 6.07) is 11.3. The third kappa shape index (κ3) is 5.89. The lowest BCUT2D eigenvalue weighted by atomic mass is 10.3. The quantitative estimate of drug-likeness (QED) is 0.336. The Bertz CT molecular complexity index is 1070. The molecule has 1 N–H and O–H groups in total. The standard InChI is InChI=1S/C22H26N4O4S2/c1-5-26-19(15(4)30-16-10-8-7-9-11-16)24-25-22(26)31-13-18(27)23-20-17(12-14(3)32-20)21(28)29-6-2/h7-12,15H,5-6,13H2,1-4H3,(H,23,27). The van der Waals surface area contributed by atoms with Crippen molar-refractivity contribution in [3.8, 4) is 5.75 Å². The van der Waals surface area contributed by atoms with Crippen molar-refractivity contribution in [2.24, 2.45) is 0 Å². The number of rotatable bonds is 10. The van der Waals surface area contributed by atoms with Crippen molar-refractivity contribution in [3.05, 3.63) is 52.7 Å². The number of hydrogen-bond donors (Lipinski definition) is 1. The number of carbonyl (C=O) groups is 2. The Morgan fingerprint density at radius 1 is 1.22 bits per heavy atom. The lowest BCUT2D eigenvalue weighted by Crippen LogP contribution is -2.16. The first kappa shape index (κ1) is 23.8. The van der Waals surface area contributed by atoms with Crippen LogP contribution in [-0.2, 0) is 16.1 Å². The van der Waals surface area contributed by atoms with Crippen LogP contribution < -0.4 is 10.1 Å². The lowest BCUT2D eigenvalue weighted by molar-refractivity contribution is -0.113. The molecule has 0 saturated heterocycles. The zero-order valence-electron chi connectivity index (χ0n) is 18.5. The number of ether oxygens (including phenoxy) is 2. The van der Waals surface area contributed by atoms with Gasteiger partial charge in [-0.15, -0.1) is 21.5 Å². The summed E-state index contributed by atoms with van der Waals surface area (Å²) in [4.78, 5) is 25.6. The van der Waals surface area contributed by atoms with Crippen molar-refractivity contribution in [3.63, 3.8) is 0 Å². The first-order chi connectivity index (χ1) is 15.4. The molecule has 32 heavy (non-hydrogen) atoms. The van der Waals surface area contributed by atoms with E-state index in [0.29, 0.717) is 28.1 Å². The molecule has 1 unspecified atom stereocenters. The number of carbonyl (C=O) groups excluding carboxylic acids is 2. The van der Waals surface area contributed by atoms with Crippen molar-refractivity contribution in [1.29, 1.82) is 0 Å². The number of nitrogens with zero attached hydrogens (tertiary/aromatic N) is 3. The van der Waals surface area contributed by atoms with Crippen LogP contribution >= 0.6 is 23.1 Å². The molecule has 0 aliphatic rings. The van der Waals surface area contributed by atoms with Crippen LogP contribution in [0, 0.1) is 6.92 Å². The molecule has 3 rings (SSSR count). The number of benzene rings is 1. The molecule has 10 heteroatoms. The van der Waals surface area contributed by atoms with E-state index in [-0.39, 0.29) is 24.4 Å². The zero-order chi connectivity index (χ0) is 23.1. The second-order valence-electron chi connectivity index (χ2n) is 6.82. The molecular formula is C22H26N4O4S2. The Labute approximate surface area is 195 Å². The van der Waals surface area contributed by atoms with Crippen LogP contribution in [0.4, 0.5) is 5.00 Å². The van der Waals surface area contributed by atoms with E-state index in [1.165, 1.54) is 23.1 Å². The van der Waals surface area contributed by atoms with Crippen LogP contribution in [0.2, 0.25) is 0 Å². The van der Waals surface area contributed by atoms with Crippen molar-refractivity contribution in [1.82, 2.24) is 14.8 Å². The molecule has 3 aromatic rings. The van der Waals surface area contributed by atoms with Crippen molar-refractivity contribution >= 4 is 40.0 Å². The molecule has 2 heterocycles. The lowest BCUT2D eigenvalue weighted by Gasteiger charge is -2.15. The molecule has 0 radical (unpaired) electrons. The molecule has 1 aromatic carbocycles. The van der Waals surface area contributed by atoms with Gasteiger partial charge in [0.15, 0.2) is 17.1 Å². The Balaban J connectivity index is 1.64. The van der Waals surface area contributed by atoms with Gasteiger partial charge in [0.2, 0.25) is 5.91 Å². The number of esters is 1. The smallest absolute Gasteiger partial charge is 0.341 e. The summed E-state index contributed by atoms with van der Waals surface area (Å²) in [6.45, 7) is 8.45. The SMILES string of the molecule is CCOC(=O)c1cc(C)sc1NC(=O)CSc1nnc(C(C)Oc2ccccc2)n1CC. The van der Waals surface area contributed by atoms with Gasteiger partial charge in [0, 0.05) is 11.4 Å². The summed E-state index contributed by atoms with van der Waals surface area (Å²) in [5.41, 5.74) is 0.374. The Hall–Kier alpha value is -2.85. The van der Waals surface area contributed by atoms with Gasteiger partial charge < -0.3 is 19.4 Å². The minimum atomic E-state index is -0.442. The highest BCUT2D eigenvalue weighted by Crippen LogP contribution is 2.29. The molecule has 0 spiro atoms. The van der Waals surface area contributed by atoms with E-state index < -0.39 is 5.97 Å². The summed E-state index contributed by atoms with van der Waals surface area (Å²) in [5.74, 6) is 0.900. The third-order valence-electron chi connectivity index (χ3n) is 4.42. The van der Waals surface area contributed by atoms with Crippen molar-refractivity contribution in [2.75, 3.05) is 17.7 Å². The highest BCUT2D eigenvalue weighted by Gasteiger charge is 2.21. The summed E-state index contributed by atoms with van der Waals surface area (Å²) < 4.78 is 13.0. The van der Waals surface area contributed by atoms with E-state index >= 15 is 0 Å². The van der Waals surface area contributed by atoms with Gasteiger partial charge >= 0.3 is 5.97 Å². The number of aromatic nitrogens is 3. The van der Waals surface area contributed by atoms with Crippen LogP contribution in [0.15, 0.2) is 41.6 Å². The van der Waals surface area contributed by atoms with Gasteiger partial charge in [0.05, 0.1) is 17.9 Å². The van der Waals surface area contributed by atoms with Gasteiger partial charge in [0.1, 0.15) is 10.8 Å². The zero-order valence-corrected chi connectivity index (χ0v) is 20.1. The predicted octanol–water partition coefficient (Wildman–Crippen LogP) is 4.72. The molecule has 2 aromatic heterocycles. The number of amides is 1. The Kier molecular flexibility index (Phi) is 8.29. The number of thioether (sulfide) groups is 1. The van der Waals surface area contributed by atoms with E-state index in [4.69, 9.17) is 9.47 Å². The van der Waals surface area contributed by atoms with Crippen LogP contribution in [-0.4, -0.2) is 39.0 Å². The number of aryl methyl sites for hydroxylation is 1. The van der Waals surface area contributed by atoms with E-state index in [1.54, 1.807) is 13.0 Å².